The van der Waals surface area contributed by atoms with Crippen LogP contribution in [0.2, 0.25) is 0 Å². The average molecular weight is 529 g/mol. The summed E-state index contributed by atoms with van der Waals surface area (Å²) in [6, 6.07) is 12.5. The molecule has 1 N–H and O–H groups in total. The van der Waals surface area contributed by atoms with Gasteiger partial charge in [0.15, 0.2) is 0 Å². The van der Waals surface area contributed by atoms with Crippen LogP contribution in [0.4, 0.5) is 0 Å². The van der Waals surface area contributed by atoms with Gasteiger partial charge in [-0.15, -0.1) is 0 Å². The van der Waals surface area contributed by atoms with E-state index in [1.165, 1.54) is 40.6 Å². The van der Waals surface area contributed by atoms with Gasteiger partial charge in [-0.1, -0.05) is 38.1 Å². The third-order valence-corrected chi connectivity index (χ3v) is 8.64. The van der Waals surface area contributed by atoms with Crippen LogP contribution >= 0.6 is 0 Å². The molecule has 2 heterocycles. The molecule has 9 nitrogen and oxygen atoms in total. The lowest BCUT2D eigenvalue weighted by Gasteiger charge is -2.26. The number of nitrogens with zero attached hydrogens (tertiary/aromatic N) is 2. The van der Waals surface area contributed by atoms with Crippen molar-refractivity contribution in [2.24, 2.45) is 0 Å². The smallest absolute Gasteiger partial charge is 0.295 e. The van der Waals surface area contributed by atoms with E-state index >= 15 is 0 Å². The van der Waals surface area contributed by atoms with E-state index in [9.17, 15) is 23.1 Å². The van der Waals surface area contributed by atoms with Crippen LogP contribution < -0.4 is 0 Å². The summed E-state index contributed by atoms with van der Waals surface area (Å²) >= 11 is 0. The van der Waals surface area contributed by atoms with Crippen LogP contribution in [0.15, 0.2) is 59.0 Å². The Hall–Kier alpha value is -3.05. The molecule has 0 bridgehead atoms. The van der Waals surface area contributed by atoms with Gasteiger partial charge < -0.3 is 19.5 Å². The largest absolute Gasteiger partial charge is 0.507 e. The lowest BCUT2D eigenvalue weighted by atomic mass is 9.93. The van der Waals surface area contributed by atoms with E-state index in [4.69, 9.17) is 9.47 Å². The first-order valence-corrected chi connectivity index (χ1v) is 13.7. The molecule has 2 aromatic carbocycles. The third-order valence-electron chi connectivity index (χ3n) is 6.73. The molecule has 0 aromatic heterocycles. The maximum atomic E-state index is 13.1. The predicted octanol–water partition coefficient (Wildman–Crippen LogP) is 2.90. The van der Waals surface area contributed by atoms with Gasteiger partial charge in [-0.3, -0.25) is 9.59 Å². The summed E-state index contributed by atoms with van der Waals surface area (Å²) < 4.78 is 37.6. The highest BCUT2D eigenvalue weighted by Gasteiger charge is 2.45. The highest BCUT2D eigenvalue weighted by molar-refractivity contribution is 7.89. The van der Waals surface area contributed by atoms with Gasteiger partial charge in [-0.25, -0.2) is 8.42 Å². The number of aliphatic hydroxyl groups is 1. The van der Waals surface area contributed by atoms with Crippen LogP contribution in [0.25, 0.3) is 5.76 Å². The average Bonchev–Trinajstić information content (AvgIpc) is 3.17. The highest BCUT2D eigenvalue weighted by atomic mass is 32.2. The summed E-state index contributed by atoms with van der Waals surface area (Å²) in [4.78, 5) is 27.6. The van der Waals surface area contributed by atoms with Gasteiger partial charge in [0.25, 0.3) is 11.7 Å². The molecule has 2 fully saturated rings. The number of aliphatic hydroxyl groups excluding tert-OH is 1. The van der Waals surface area contributed by atoms with E-state index < -0.39 is 27.8 Å². The molecular formula is C27H32N2O7S. The summed E-state index contributed by atoms with van der Waals surface area (Å²) in [6.07, 6.45) is 0. The van der Waals surface area contributed by atoms with Crippen molar-refractivity contribution in [1.29, 1.82) is 0 Å². The molecule has 0 saturated carbocycles. The summed E-state index contributed by atoms with van der Waals surface area (Å²) in [5.41, 5.74) is 2.00. The van der Waals surface area contributed by atoms with E-state index in [0.29, 0.717) is 24.7 Å². The van der Waals surface area contributed by atoms with E-state index in [0.717, 1.165) is 5.56 Å². The lowest BCUT2D eigenvalue weighted by molar-refractivity contribution is -0.140. The van der Waals surface area contributed by atoms with E-state index in [1.54, 1.807) is 0 Å². The second-order valence-corrected chi connectivity index (χ2v) is 11.3. The van der Waals surface area contributed by atoms with Gasteiger partial charge in [0.2, 0.25) is 10.0 Å². The number of methoxy groups -OCH3 is 1. The number of hydrogen-bond acceptors (Lipinski definition) is 7. The molecule has 2 aliphatic heterocycles. The quantitative estimate of drug-likeness (QED) is 0.318. The molecule has 2 aliphatic rings. The van der Waals surface area contributed by atoms with Gasteiger partial charge in [0, 0.05) is 32.3 Å². The fraction of sp³-hybridized carbons (Fsp3) is 0.407. The fourth-order valence-corrected chi connectivity index (χ4v) is 5.99. The van der Waals surface area contributed by atoms with Crippen LogP contribution in [0.3, 0.4) is 0 Å². The number of likely N-dealkylation sites (tertiary alicyclic amines) is 1. The van der Waals surface area contributed by atoms with Crippen molar-refractivity contribution in [3.63, 3.8) is 0 Å². The molecule has 10 heteroatoms. The Morgan fingerprint density at radius 1 is 1.05 bits per heavy atom. The highest BCUT2D eigenvalue weighted by Crippen LogP contribution is 2.39. The summed E-state index contributed by atoms with van der Waals surface area (Å²) in [7, 11) is -2.21. The number of amides is 1. The first kappa shape index (κ1) is 27.0. The van der Waals surface area contributed by atoms with E-state index in [-0.39, 0.29) is 48.0 Å². The molecule has 1 amide bonds. The van der Waals surface area contributed by atoms with Crippen LogP contribution in [0.5, 0.6) is 0 Å². The SMILES string of the molecule is COCCN1C(=O)C(=O)C(=C(O)c2ccc(S(=O)(=O)N3CCOCC3)cc2)[C@@H]1c1ccc(C(C)C)cc1. The normalized spacial score (nSPS) is 20.6. The van der Waals surface area contributed by atoms with Crippen molar-refractivity contribution in [1.82, 2.24) is 9.21 Å². The number of rotatable bonds is 8. The first-order valence-electron chi connectivity index (χ1n) is 12.2. The third kappa shape index (κ3) is 5.33. The van der Waals surface area contributed by atoms with Crippen molar-refractivity contribution in [2.75, 3.05) is 46.6 Å². The monoisotopic (exact) mass is 528 g/mol. The Morgan fingerprint density at radius 3 is 2.24 bits per heavy atom. The number of hydrogen-bond donors (Lipinski definition) is 1. The van der Waals surface area contributed by atoms with Crippen molar-refractivity contribution in [3.8, 4) is 0 Å². The standard InChI is InChI=1S/C27H32N2O7S/c1-18(2)19-4-6-20(7-5-19)24-23(26(31)27(32)29(24)14-15-35-3)25(30)21-8-10-22(11-9-21)37(33,34)28-12-16-36-17-13-28/h4-11,18,24,30H,12-17H2,1-3H3/t24-/m0/s1. The Balaban J connectivity index is 1.73. The summed E-state index contributed by atoms with van der Waals surface area (Å²) in [5.74, 6) is -1.56. The summed E-state index contributed by atoms with van der Waals surface area (Å²) in [6.45, 7) is 5.74. The lowest BCUT2D eigenvalue weighted by Crippen LogP contribution is -2.40. The fourth-order valence-electron chi connectivity index (χ4n) is 4.59. The van der Waals surface area contributed by atoms with Crippen LogP contribution in [0, 0.1) is 0 Å². The van der Waals surface area contributed by atoms with Gasteiger partial charge in [0.05, 0.1) is 36.3 Å². The van der Waals surface area contributed by atoms with E-state index in [2.05, 4.69) is 13.8 Å². The molecule has 37 heavy (non-hydrogen) atoms. The van der Waals surface area contributed by atoms with Crippen LogP contribution in [0.1, 0.15) is 42.5 Å². The molecule has 2 aromatic rings. The number of benzene rings is 2. The summed E-state index contributed by atoms with van der Waals surface area (Å²) in [5, 5.41) is 11.2. The molecule has 1 atom stereocenters. The Morgan fingerprint density at radius 2 is 1.68 bits per heavy atom. The molecule has 0 aliphatic carbocycles. The number of carbonyl (C=O) groups is 2. The Kier molecular flexibility index (Phi) is 8.13. The molecule has 0 radical (unpaired) electrons. The maximum absolute atomic E-state index is 13.1. The van der Waals surface area contributed by atoms with Crippen LogP contribution in [-0.4, -0.2) is 81.0 Å². The first-order chi connectivity index (χ1) is 17.7. The zero-order chi connectivity index (χ0) is 26.7. The van der Waals surface area contributed by atoms with Gasteiger partial charge >= 0.3 is 0 Å². The zero-order valence-corrected chi connectivity index (χ0v) is 22.0. The maximum Gasteiger partial charge on any atom is 0.295 e. The van der Waals surface area contributed by atoms with E-state index in [1.807, 2.05) is 24.3 Å². The number of sulfonamides is 1. The number of ether oxygens (including phenoxy) is 2. The minimum atomic E-state index is -3.71. The van der Waals surface area contributed by atoms with Crippen molar-refractivity contribution in [3.05, 3.63) is 70.8 Å². The minimum Gasteiger partial charge on any atom is -0.507 e. The van der Waals surface area contributed by atoms with Crippen LogP contribution in [-0.2, 0) is 29.1 Å². The molecule has 0 spiro atoms. The van der Waals surface area contributed by atoms with Gasteiger partial charge in [-0.2, -0.15) is 4.31 Å². The Labute approximate surface area is 217 Å². The number of carbonyl (C=O) groups excluding carboxylic acids is 2. The molecule has 0 unspecified atom stereocenters. The molecular weight excluding hydrogens is 496 g/mol. The van der Waals surface area contributed by atoms with Crippen molar-refractivity contribution < 1.29 is 32.6 Å². The zero-order valence-electron chi connectivity index (χ0n) is 21.2. The number of Topliss-reactive ketones (excluding diaryl/α,β-unsaturated/α-hetero) is 1. The van der Waals surface area contributed by atoms with Gasteiger partial charge in [0.1, 0.15) is 5.76 Å². The van der Waals surface area contributed by atoms with Crippen molar-refractivity contribution in [2.45, 2.75) is 30.7 Å². The molecule has 4 rings (SSSR count). The number of ketones is 1. The topological polar surface area (TPSA) is 113 Å². The molecule has 2 saturated heterocycles. The minimum absolute atomic E-state index is 0.0396. The predicted molar refractivity (Wildman–Crippen MR) is 137 cm³/mol. The molecule has 198 valence electrons. The Bertz CT molecular complexity index is 1280. The second-order valence-electron chi connectivity index (χ2n) is 9.35. The van der Waals surface area contributed by atoms with Crippen molar-refractivity contribution >= 4 is 27.5 Å². The number of morpholine rings is 1. The van der Waals surface area contributed by atoms with Gasteiger partial charge in [-0.05, 0) is 41.3 Å². The second kappa shape index (κ2) is 11.1.